The van der Waals surface area contributed by atoms with E-state index in [1.54, 1.807) is 14.1 Å². The molecular formula is C7H11Cl3N2O2. The molecule has 0 amide bonds. The van der Waals surface area contributed by atoms with Crippen molar-refractivity contribution in [2.24, 2.45) is 0 Å². The molecule has 0 radical (unpaired) electrons. The third-order valence-electron chi connectivity index (χ3n) is 1.06. The van der Waals surface area contributed by atoms with Gasteiger partial charge < -0.3 is 4.74 Å². The van der Waals surface area contributed by atoms with Gasteiger partial charge in [-0.15, -0.1) is 0 Å². The summed E-state index contributed by atoms with van der Waals surface area (Å²) in [6, 6.07) is 1.90. The zero-order chi connectivity index (χ0) is 11.2. The normalized spacial score (nSPS) is 14.1. The van der Waals surface area contributed by atoms with E-state index in [2.05, 4.69) is 0 Å². The molecule has 0 aromatic heterocycles. The van der Waals surface area contributed by atoms with E-state index >= 15 is 0 Å². The molecule has 82 valence electrons. The number of rotatable bonds is 5. The quantitative estimate of drug-likeness (QED) is 0.329. The molecule has 1 atom stereocenters. The summed E-state index contributed by atoms with van der Waals surface area (Å²) in [5, 5.41) is 9.64. The third kappa shape index (κ3) is 6.66. The Morgan fingerprint density at radius 3 is 2.36 bits per heavy atom. The van der Waals surface area contributed by atoms with Crippen molar-refractivity contribution in [3.63, 3.8) is 0 Å². The van der Waals surface area contributed by atoms with Crippen LogP contribution in [-0.2, 0) is 9.57 Å². The van der Waals surface area contributed by atoms with Crippen LogP contribution in [0.15, 0.2) is 0 Å². The van der Waals surface area contributed by atoms with Crippen molar-refractivity contribution >= 4 is 34.8 Å². The van der Waals surface area contributed by atoms with Gasteiger partial charge in [-0.05, 0) is 0 Å². The summed E-state index contributed by atoms with van der Waals surface area (Å²) in [4.78, 5) is 5.07. The molecule has 0 aliphatic heterocycles. The van der Waals surface area contributed by atoms with Crippen LogP contribution in [0, 0.1) is 11.3 Å². The Kier molecular flexibility index (Phi) is 6.79. The minimum absolute atomic E-state index is 0.156. The Labute approximate surface area is 98.2 Å². The van der Waals surface area contributed by atoms with Gasteiger partial charge in [0.05, 0.1) is 19.1 Å². The third-order valence-corrected chi connectivity index (χ3v) is 1.59. The van der Waals surface area contributed by atoms with Gasteiger partial charge in [-0.25, -0.2) is 0 Å². The lowest BCUT2D eigenvalue weighted by Gasteiger charge is -2.26. The first-order valence-electron chi connectivity index (χ1n) is 3.77. The smallest absolute Gasteiger partial charge is 0.242 e. The van der Waals surface area contributed by atoms with E-state index in [0.717, 1.165) is 0 Å². The van der Waals surface area contributed by atoms with Crippen LogP contribution < -0.4 is 0 Å². The first-order valence-corrected chi connectivity index (χ1v) is 4.90. The summed E-state index contributed by atoms with van der Waals surface area (Å²) in [6.07, 6.45) is -0.801. The van der Waals surface area contributed by atoms with Crippen molar-refractivity contribution in [2.45, 2.75) is 16.5 Å². The van der Waals surface area contributed by atoms with Crippen molar-refractivity contribution < 1.29 is 9.57 Å². The number of nitrogens with zero attached hydrogens (tertiary/aromatic N) is 2. The van der Waals surface area contributed by atoms with Crippen molar-refractivity contribution in [1.82, 2.24) is 5.06 Å². The molecule has 0 fully saturated rings. The van der Waals surface area contributed by atoms with E-state index in [-0.39, 0.29) is 13.0 Å². The van der Waals surface area contributed by atoms with Gasteiger partial charge >= 0.3 is 0 Å². The van der Waals surface area contributed by atoms with Gasteiger partial charge in [0.2, 0.25) is 10.1 Å². The van der Waals surface area contributed by atoms with Crippen molar-refractivity contribution in [2.75, 3.05) is 20.7 Å². The summed E-state index contributed by atoms with van der Waals surface area (Å²) in [6.45, 7) is 0.156. The largest absolute Gasteiger partial charge is 0.346 e. The molecule has 7 heteroatoms. The minimum atomic E-state index is -1.68. The molecule has 1 unspecified atom stereocenters. The molecule has 0 aliphatic rings. The van der Waals surface area contributed by atoms with Gasteiger partial charge in [-0.1, -0.05) is 34.8 Å². The maximum atomic E-state index is 8.28. The average Bonchev–Trinajstić information content (AvgIpc) is 2.00. The molecule has 0 aromatic rings. The van der Waals surface area contributed by atoms with E-state index in [1.165, 1.54) is 5.06 Å². The topological polar surface area (TPSA) is 45.5 Å². The average molecular weight is 262 g/mol. The van der Waals surface area contributed by atoms with Crippen LogP contribution in [0.5, 0.6) is 0 Å². The van der Waals surface area contributed by atoms with Crippen LogP contribution in [0.1, 0.15) is 6.42 Å². The first kappa shape index (κ1) is 14.2. The van der Waals surface area contributed by atoms with E-state index in [0.29, 0.717) is 0 Å². The highest BCUT2D eigenvalue weighted by molar-refractivity contribution is 6.67. The van der Waals surface area contributed by atoms with Crippen LogP contribution in [0.3, 0.4) is 0 Å². The lowest BCUT2D eigenvalue weighted by atomic mass is 10.5. The zero-order valence-electron chi connectivity index (χ0n) is 7.84. The van der Waals surface area contributed by atoms with Crippen LogP contribution in [0.25, 0.3) is 0 Å². The number of ether oxygens (including phenoxy) is 1. The Balaban J connectivity index is 4.07. The zero-order valence-corrected chi connectivity index (χ0v) is 10.1. The molecule has 0 saturated heterocycles. The van der Waals surface area contributed by atoms with Crippen LogP contribution in [0.4, 0.5) is 0 Å². The molecule has 0 aliphatic carbocycles. The SMILES string of the molecule is CN(C)OC(OCCC#N)C(Cl)(Cl)Cl. The molecule has 4 nitrogen and oxygen atoms in total. The number of alkyl halides is 3. The summed E-state index contributed by atoms with van der Waals surface area (Å²) < 4.78 is 3.39. The lowest BCUT2D eigenvalue weighted by molar-refractivity contribution is -0.257. The summed E-state index contributed by atoms with van der Waals surface area (Å²) in [5.74, 6) is 0. The second-order valence-corrected chi connectivity index (χ2v) is 4.94. The lowest BCUT2D eigenvalue weighted by Crippen LogP contribution is -2.36. The maximum Gasteiger partial charge on any atom is 0.242 e. The second kappa shape index (κ2) is 6.67. The highest BCUT2D eigenvalue weighted by Gasteiger charge is 2.35. The van der Waals surface area contributed by atoms with E-state index in [1.807, 2.05) is 6.07 Å². The predicted molar refractivity (Wildman–Crippen MR) is 55.0 cm³/mol. The Morgan fingerprint density at radius 1 is 1.43 bits per heavy atom. The molecule has 0 heterocycles. The molecule has 0 rings (SSSR count). The fraction of sp³-hybridized carbons (Fsp3) is 0.857. The molecule has 0 saturated carbocycles. The Morgan fingerprint density at radius 2 is 2.00 bits per heavy atom. The second-order valence-electron chi connectivity index (χ2n) is 2.57. The fourth-order valence-corrected chi connectivity index (χ4v) is 0.896. The summed E-state index contributed by atoms with van der Waals surface area (Å²) in [5.41, 5.74) is 0. The number of hydrogen-bond acceptors (Lipinski definition) is 4. The maximum absolute atomic E-state index is 8.28. The van der Waals surface area contributed by atoms with E-state index in [9.17, 15) is 0 Å². The summed E-state index contributed by atoms with van der Waals surface area (Å²) in [7, 11) is 3.27. The van der Waals surface area contributed by atoms with Crippen LogP contribution >= 0.6 is 34.8 Å². The van der Waals surface area contributed by atoms with Crippen LogP contribution in [0.2, 0.25) is 0 Å². The standard InChI is InChI=1S/C7H11Cl3N2O2/c1-12(2)14-6(7(8,9)10)13-5-3-4-11/h6H,3,5H2,1-2H3. The molecule has 14 heavy (non-hydrogen) atoms. The number of nitriles is 1. The van der Waals surface area contributed by atoms with Crippen molar-refractivity contribution in [3.8, 4) is 6.07 Å². The van der Waals surface area contributed by atoms with E-state index in [4.69, 9.17) is 49.6 Å². The van der Waals surface area contributed by atoms with Gasteiger partial charge in [0.1, 0.15) is 0 Å². The molecule has 0 bridgehead atoms. The highest BCUT2D eigenvalue weighted by Crippen LogP contribution is 2.33. The van der Waals surface area contributed by atoms with Crippen molar-refractivity contribution in [3.05, 3.63) is 0 Å². The summed E-state index contributed by atoms with van der Waals surface area (Å²) >= 11 is 16.8. The van der Waals surface area contributed by atoms with Gasteiger partial charge in [0, 0.05) is 14.1 Å². The van der Waals surface area contributed by atoms with Gasteiger partial charge in [-0.3, -0.25) is 4.84 Å². The number of hydroxylamine groups is 2. The van der Waals surface area contributed by atoms with Gasteiger partial charge in [-0.2, -0.15) is 10.3 Å². The molecular weight excluding hydrogens is 250 g/mol. The predicted octanol–water partition coefficient (Wildman–Crippen LogP) is 2.11. The number of halogens is 3. The van der Waals surface area contributed by atoms with Gasteiger partial charge in [0.25, 0.3) is 0 Å². The van der Waals surface area contributed by atoms with Crippen LogP contribution in [-0.4, -0.2) is 35.8 Å². The van der Waals surface area contributed by atoms with Gasteiger partial charge in [0.15, 0.2) is 0 Å². The monoisotopic (exact) mass is 260 g/mol. The van der Waals surface area contributed by atoms with Crippen molar-refractivity contribution in [1.29, 1.82) is 5.26 Å². The number of hydrogen-bond donors (Lipinski definition) is 0. The molecule has 0 N–H and O–H groups in total. The Hall–Kier alpha value is 0.240. The van der Waals surface area contributed by atoms with E-state index < -0.39 is 10.1 Å². The molecule has 0 aromatic carbocycles. The first-order chi connectivity index (χ1) is 6.38. The minimum Gasteiger partial charge on any atom is -0.346 e. The molecule has 0 spiro atoms. The highest BCUT2D eigenvalue weighted by atomic mass is 35.6. The fourth-order valence-electron chi connectivity index (χ4n) is 0.588. The Bertz CT molecular complexity index is 200.